The van der Waals surface area contributed by atoms with Gasteiger partial charge in [-0.15, -0.1) is 0 Å². The lowest BCUT2D eigenvalue weighted by Gasteiger charge is -2.08. The van der Waals surface area contributed by atoms with E-state index in [1.54, 1.807) is 6.07 Å². The Labute approximate surface area is 121 Å². The number of rotatable bonds is 1. The molecule has 0 atom stereocenters. The van der Waals surface area contributed by atoms with Crippen LogP contribution in [0.4, 0.5) is 0 Å². The summed E-state index contributed by atoms with van der Waals surface area (Å²) >= 11 is 0. The van der Waals surface area contributed by atoms with Gasteiger partial charge in [-0.1, -0.05) is 60.7 Å². The molecule has 0 aliphatic carbocycles. The number of benzene rings is 3. The van der Waals surface area contributed by atoms with Crippen molar-refractivity contribution < 1.29 is 4.42 Å². The highest BCUT2D eigenvalue weighted by molar-refractivity contribution is 6.12. The molecule has 1 aromatic heterocycles. The van der Waals surface area contributed by atoms with E-state index >= 15 is 0 Å². The average molecular weight is 272 g/mol. The van der Waals surface area contributed by atoms with Gasteiger partial charge in [0.15, 0.2) is 0 Å². The normalized spacial score (nSPS) is 11.0. The van der Waals surface area contributed by atoms with Crippen LogP contribution in [0.5, 0.6) is 0 Å². The van der Waals surface area contributed by atoms with Gasteiger partial charge in [-0.3, -0.25) is 0 Å². The van der Waals surface area contributed by atoms with Crippen molar-refractivity contribution in [1.29, 1.82) is 0 Å². The lowest BCUT2D eigenvalue weighted by molar-refractivity contribution is 0.562. The van der Waals surface area contributed by atoms with Crippen LogP contribution in [0.3, 0.4) is 0 Å². The van der Waals surface area contributed by atoms with Crippen LogP contribution in [0, 0.1) is 0 Å². The molecule has 0 radical (unpaired) electrons. The molecule has 0 spiro atoms. The van der Waals surface area contributed by atoms with E-state index < -0.39 is 0 Å². The van der Waals surface area contributed by atoms with E-state index in [0.29, 0.717) is 5.58 Å². The van der Waals surface area contributed by atoms with Crippen molar-refractivity contribution in [2.45, 2.75) is 0 Å². The summed E-state index contributed by atoms with van der Waals surface area (Å²) in [6, 6.07) is 23.5. The SMILES string of the molecule is O=c1cc(-c2ccccc2)c2c(ccc3ccccc32)o1. The Bertz CT molecular complexity index is 998. The second-order valence-electron chi connectivity index (χ2n) is 5.00. The molecule has 0 bridgehead atoms. The lowest BCUT2D eigenvalue weighted by Crippen LogP contribution is -1.98. The van der Waals surface area contributed by atoms with Gasteiger partial charge >= 0.3 is 5.63 Å². The van der Waals surface area contributed by atoms with Crippen molar-refractivity contribution >= 4 is 21.7 Å². The molecule has 3 aromatic carbocycles. The van der Waals surface area contributed by atoms with Crippen LogP contribution in [0.15, 0.2) is 82.0 Å². The summed E-state index contributed by atoms with van der Waals surface area (Å²) in [4.78, 5) is 11.8. The Hall–Kier alpha value is -2.87. The summed E-state index contributed by atoms with van der Waals surface area (Å²) in [5.74, 6) is 0. The molecular weight excluding hydrogens is 260 g/mol. The molecule has 0 N–H and O–H groups in total. The molecule has 0 aliphatic heterocycles. The predicted molar refractivity (Wildman–Crippen MR) is 85.4 cm³/mol. The van der Waals surface area contributed by atoms with Gasteiger partial charge in [0.1, 0.15) is 5.58 Å². The molecule has 4 aromatic rings. The minimum Gasteiger partial charge on any atom is -0.423 e. The van der Waals surface area contributed by atoms with Gasteiger partial charge in [-0.2, -0.15) is 0 Å². The third-order valence-electron chi connectivity index (χ3n) is 3.72. The van der Waals surface area contributed by atoms with Crippen molar-refractivity contribution in [2.75, 3.05) is 0 Å². The van der Waals surface area contributed by atoms with E-state index in [0.717, 1.165) is 27.3 Å². The van der Waals surface area contributed by atoms with Gasteiger partial charge in [-0.05, 0) is 22.4 Å². The van der Waals surface area contributed by atoms with E-state index in [2.05, 4.69) is 12.1 Å². The molecule has 2 nitrogen and oxygen atoms in total. The average Bonchev–Trinajstić information content (AvgIpc) is 2.54. The topological polar surface area (TPSA) is 30.2 Å². The van der Waals surface area contributed by atoms with Gasteiger partial charge in [0.25, 0.3) is 0 Å². The fourth-order valence-electron chi connectivity index (χ4n) is 2.79. The summed E-state index contributed by atoms with van der Waals surface area (Å²) in [7, 11) is 0. The summed E-state index contributed by atoms with van der Waals surface area (Å²) in [5, 5.41) is 3.22. The molecule has 0 fully saturated rings. The molecule has 2 heteroatoms. The number of hydrogen-bond acceptors (Lipinski definition) is 2. The Kier molecular flexibility index (Phi) is 2.61. The van der Waals surface area contributed by atoms with E-state index in [1.165, 1.54) is 0 Å². The summed E-state index contributed by atoms with van der Waals surface area (Å²) < 4.78 is 5.38. The molecule has 0 amide bonds. The maximum absolute atomic E-state index is 11.8. The van der Waals surface area contributed by atoms with E-state index in [1.807, 2.05) is 54.6 Å². The van der Waals surface area contributed by atoms with Gasteiger partial charge in [0.05, 0.1) is 0 Å². The van der Waals surface area contributed by atoms with Crippen LogP contribution >= 0.6 is 0 Å². The zero-order chi connectivity index (χ0) is 14.2. The van der Waals surface area contributed by atoms with Gasteiger partial charge < -0.3 is 4.42 Å². The van der Waals surface area contributed by atoms with Crippen molar-refractivity contribution in [2.24, 2.45) is 0 Å². The van der Waals surface area contributed by atoms with Gasteiger partial charge in [0, 0.05) is 17.0 Å². The zero-order valence-corrected chi connectivity index (χ0v) is 11.2. The van der Waals surface area contributed by atoms with Crippen LogP contribution in [-0.2, 0) is 0 Å². The van der Waals surface area contributed by atoms with Gasteiger partial charge in [-0.25, -0.2) is 4.79 Å². The third-order valence-corrected chi connectivity index (χ3v) is 3.72. The smallest absolute Gasteiger partial charge is 0.336 e. The molecule has 4 rings (SSSR count). The van der Waals surface area contributed by atoms with Crippen LogP contribution < -0.4 is 5.63 Å². The lowest BCUT2D eigenvalue weighted by atomic mass is 9.97. The van der Waals surface area contributed by atoms with E-state index in [4.69, 9.17) is 4.42 Å². The second-order valence-corrected chi connectivity index (χ2v) is 5.00. The molecule has 1 heterocycles. The minimum atomic E-state index is -0.323. The van der Waals surface area contributed by atoms with Crippen molar-refractivity contribution in [3.63, 3.8) is 0 Å². The fourth-order valence-corrected chi connectivity index (χ4v) is 2.79. The predicted octanol–water partition coefficient (Wildman–Crippen LogP) is 4.61. The maximum Gasteiger partial charge on any atom is 0.336 e. The molecule has 21 heavy (non-hydrogen) atoms. The van der Waals surface area contributed by atoms with E-state index in [-0.39, 0.29) is 5.63 Å². The molecular formula is C19H12O2. The summed E-state index contributed by atoms with van der Waals surface area (Å²) in [6.07, 6.45) is 0. The highest BCUT2D eigenvalue weighted by Crippen LogP contribution is 2.32. The van der Waals surface area contributed by atoms with Crippen LogP contribution in [0.1, 0.15) is 0 Å². The quantitative estimate of drug-likeness (QED) is 0.374. The molecule has 0 saturated heterocycles. The number of hydrogen-bond donors (Lipinski definition) is 0. The molecule has 0 aliphatic rings. The largest absolute Gasteiger partial charge is 0.423 e. The summed E-state index contributed by atoms with van der Waals surface area (Å²) in [5.41, 5.74) is 2.24. The first-order chi connectivity index (χ1) is 10.3. The number of fused-ring (bicyclic) bond motifs is 3. The molecule has 0 saturated carbocycles. The Morgan fingerprint density at radius 2 is 1.52 bits per heavy atom. The Morgan fingerprint density at radius 3 is 2.38 bits per heavy atom. The fraction of sp³-hybridized carbons (Fsp3) is 0. The Balaban J connectivity index is 2.24. The standard InChI is InChI=1S/C19H12O2/c20-18-12-16(13-6-2-1-3-7-13)19-15-9-5-4-8-14(15)10-11-17(19)21-18/h1-12H. The van der Waals surface area contributed by atoms with E-state index in [9.17, 15) is 4.79 Å². The second kappa shape index (κ2) is 4.60. The zero-order valence-electron chi connectivity index (χ0n) is 11.2. The Morgan fingerprint density at radius 1 is 0.762 bits per heavy atom. The van der Waals surface area contributed by atoms with Crippen LogP contribution in [-0.4, -0.2) is 0 Å². The van der Waals surface area contributed by atoms with Crippen molar-refractivity contribution in [3.05, 3.63) is 83.2 Å². The molecule has 0 unspecified atom stereocenters. The van der Waals surface area contributed by atoms with Crippen LogP contribution in [0.25, 0.3) is 32.9 Å². The monoisotopic (exact) mass is 272 g/mol. The first kappa shape index (κ1) is 11.9. The minimum absolute atomic E-state index is 0.323. The maximum atomic E-state index is 11.8. The highest BCUT2D eigenvalue weighted by atomic mass is 16.4. The van der Waals surface area contributed by atoms with Gasteiger partial charge in [0.2, 0.25) is 0 Å². The van der Waals surface area contributed by atoms with Crippen LogP contribution in [0.2, 0.25) is 0 Å². The summed E-state index contributed by atoms with van der Waals surface area (Å²) in [6.45, 7) is 0. The first-order valence-electron chi connectivity index (χ1n) is 6.84. The highest BCUT2D eigenvalue weighted by Gasteiger charge is 2.10. The first-order valence-corrected chi connectivity index (χ1v) is 6.84. The van der Waals surface area contributed by atoms with Crippen molar-refractivity contribution in [3.8, 4) is 11.1 Å². The molecule has 100 valence electrons. The van der Waals surface area contributed by atoms with Crippen molar-refractivity contribution in [1.82, 2.24) is 0 Å². The third kappa shape index (κ3) is 1.93.